The number of aryl methyl sites for hydroxylation is 2. The van der Waals surface area contributed by atoms with E-state index in [9.17, 15) is 0 Å². The van der Waals surface area contributed by atoms with Crippen LogP contribution in [-0.2, 0) is 6.42 Å². The van der Waals surface area contributed by atoms with Crippen LogP contribution in [0.2, 0.25) is 0 Å². The molecule has 0 fully saturated rings. The third-order valence-corrected chi connectivity index (χ3v) is 3.43. The summed E-state index contributed by atoms with van der Waals surface area (Å²) in [5.74, 6) is 1.16. The first-order valence-corrected chi connectivity index (χ1v) is 7.06. The lowest BCUT2D eigenvalue weighted by molar-refractivity contribution is 0.416. The third kappa shape index (κ3) is 2.95. The van der Waals surface area contributed by atoms with E-state index in [1.165, 1.54) is 12.8 Å². The van der Waals surface area contributed by atoms with Gasteiger partial charge in [-0.1, -0.05) is 36.6 Å². The van der Waals surface area contributed by atoms with Crippen molar-refractivity contribution in [3.63, 3.8) is 0 Å². The van der Waals surface area contributed by atoms with E-state index in [0.717, 1.165) is 41.0 Å². The Morgan fingerprint density at radius 2 is 2.10 bits per heavy atom. The van der Waals surface area contributed by atoms with Crippen LogP contribution >= 0.6 is 0 Å². The minimum absolute atomic E-state index is 0.361. The van der Waals surface area contributed by atoms with Gasteiger partial charge in [-0.25, -0.2) is 0 Å². The summed E-state index contributed by atoms with van der Waals surface area (Å²) in [6, 6.07) is 6.03. The first kappa shape index (κ1) is 14.4. The first-order chi connectivity index (χ1) is 9.67. The van der Waals surface area contributed by atoms with E-state index >= 15 is 0 Å². The molecule has 0 aliphatic heterocycles. The summed E-state index contributed by atoms with van der Waals surface area (Å²) >= 11 is 0. The summed E-state index contributed by atoms with van der Waals surface area (Å²) in [7, 11) is 1.66. The van der Waals surface area contributed by atoms with Crippen LogP contribution < -0.4 is 10.5 Å². The highest BCUT2D eigenvalue weighted by Crippen LogP contribution is 2.37. The molecule has 108 valence electrons. The average molecular weight is 274 g/mol. The molecular formula is C16H22N2O2. The molecular weight excluding hydrogens is 252 g/mol. The van der Waals surface area contributed by atoms with Gasteiger partial charge in [0.15, 0.2) is 0 Å². The number of ether oxygens (including phenoxy) is 1. The molecule has 4 heteroatoms. The minimum Gasteiger partial charge on any atom is -0.496 e. The zero-order valence-electron chi connectivity index (χ0n) is 12.4. The number of anilines is 1. The highest BCUT2D eigenvalue weighted by Gasteiger charge is 2.19. The molecule has 0 bridgehead atoms. The molecule has 20 heavy (non-hydrogen) atoms. The second kappa shape index (κ2) is 6.46. The van der Waals surface area contributed by atoms with Gasteiger partial charge in [-0.05, 0) is 31.9 Å². The van der Waals surface area contributed by atoms with Crippen LogP contribution in [0.4, 0.5) is 5.88 Å². The molecule has 2 aromatic rings. The Hall–Kier alpha value is -1.97. The maximum atomic E-state index is 5.97. The smallest absolute Gasteiger partial charge is 0.230 e. The topological polar surface area (TPSA) is 61.3 Å². The normalized spacial score (nSPS) is 10.8. The number of rotatable bonds is 6. The molecule has 4 nitrogen and oxygen atoms in total. The summed E-state index contributed by atoms with van der Waals surface area (Å²) in [4.78, 5) is 0. The van der Waals surface area contributed by atoms with E-state index in [2.05, 4.69) is 18.1 Å². The van der Waals surface area contributed by atoms with Crippen molar-refractivity contribution in [2.24, 2.45) is 0 Å². The maximum absolute atomic E-state index is 5.97. The second-order valence-corrected chi connectivity index (χ2v) is 5.03. The predicted molar refractivity (Wildman–Crippen MR) is 80.9 cm³/mol. The highest BCUT2D eigenvalue weighted by molar-refractivity contribution is 5.80. The average Bonchev–Trinajstić information content (AvgIpc) is 2.80. The van der Waals surface area contributed by atoms with Crippen LogP contribution in [0.5, 0.6) is 5.75 Å². The van der Waals surface area contributed by atoms with Gasteiger partial charge >= 0.3 is 0 Å². The van der Waals surface area contributed by atoms with Gasteiger partial charge in [-0.2, -0.15) is 0 Å². The number of unbranched alkanes of at least 4 members (excludes halogenated alkanes) is 2. The highest BCUT2D eigenvalue weighted by atomic mass is 16.5. The van der Waals surface area contributed by atoms with Gasteiger partial charge in [0, 0.05) is 5.56 Å². The molecule has 2 rings (SSSR count). The van der Waals surface area contributed by atoms with Gasteiger partial charge in [-0.3, -0.25) is 0 Å². The molecule has 0 aliphatic carbocycles. The van der Waals surface area contributed by atoms with Crippen molar-refractivity contribution >= 4 is 5.88 Å². The monoisotopic (exact) mass is 274 g/mol. The molecule has 0 amide bonds. The summed E-state index contributed by atoms with van der Waals surface area (Å²) < 4.78 is 10.6. The summed E-state index contributed by atoms with van der Waals surface area (Å²) in [6.07, 6.45) is 4.32. The third-order valence-electron chi connectivity index (χ3n) is 3.43. The SMILES string of the molecule is CCCCCc1noc(N)c1-c1cc(C)ccc1OC. The van der Waals surface area contributed by atoms with Gasteiger partial charge in [0.05, 0.1) is 18.4 Å². The first-order valence-electron chi connectivity index (χ1n) is 7.06. The fourth-order valence-corrected chi connectivity index (χ4v) is 2.36. The Kier molecular flexibility index (Phi) is 4.66. The molecule has 0 unspecified atom stereocenters. The zero-order chi connectivity index (χ0) is 14.5. The van der Waals surface area contributed by atoms with E-state index in [0.29, 0.717) is 5.88 Å². The Morgan fingerprint density at radius 1 is 1.30 bits per heavy atom. The fraction of sp³-hybridized carbons (Fsp3) is 0.438. The van der Waals surface area contributed by atoms with Gasteiger partial charge in [0.1, 0.15) is 5.75 Å². The number of nitrogens with zero attached hydrogens (tertiary/aromatic N) is 1. The van der Waals surface area contributed by atoms with Crippen LogP contribution in [0.15, 0.2) is 22.7 Å². The van der Waals surface area contributed by atoms with E-state index in [1.807, 2.05) is 19.1 Å². The second-order valence-electron chi connectivity index (χ2n) is 5.03. The van der Waals surface area contributed by atoms with Crippen molar-refractivity contribution in [1.82, 2.24) is 5.16 Å². The van der Waals surface area contributed by atoms with Gasteiger partial charge < -0.3 is 15.0 Å². The number of hydrogen-bond acceptors (Lipinski definition) is 4. The van der Waals surface area contributed by atoms with Crippen molar-refractivity contribution in [2.75, 3.05) is 12.8 Å². The lowest BCUT2D eigenvalue weighted by Gasteiger charge is -2.09. The lowest BCUT2D eigenvalue weighted by Crippen LogP contribution is -1.95. The molecule has 2 N–H and O–H groups in total. The van der Waals surface area contributed by atoms with Crippen LogP contribution in [0.25, 0.3) is 11.1 Å². The van der Waals surface area contributed by atoms with Crippen molar-refractivity contribution in [3.8, 4) is 16.9 Å². The quantitative estimate of drug-likeness (QED) is 0.809. The fourth-order valence-electron chi connectivity index (χ4n) is 2.36. The Bertz CT molecular complexity index is 576. The van der Waals surface area contributed by atoms with Crippen LogP contribution in [-0.4, -0.2) is 12.3 Å². The molecule has 0 spiro atoms. The molecule has 0 atom stereocenters. The molecule has 0 saturated heterocycles. The lowest BCUT2D eigenvalue weighted by atomic mass is 9.99. The number of hydrogen-bond donors (Lipinski definition) is 1. The van der Waals surface area contributed by atoms with Crippen molar-refractivity contribution < 1.29 is 9.26 Å². The molecule has 1 aromatic heterocycles. The van der Waals surface area contributed by atoms with E-state index in [-0.39, 0.29) is 0 Å². The summed E-state index contributed by atoms with van der Waals surface area (Å²) in [5, 5.41) is 4.11. The molecule has 0 radical (unpaired) electrons. The van der Waals surface area contributed by atoms with Crippen LogP contribution in [0.3, 0.4) is 0 Å². The predicted octanol–water partition coefficient (Wildman–Crippen LogP) is 3.97. The summed E-state index contributed by atoms with van der Waals surface area (Å²) in [6.45, 7) is 4.23. The van der Waals surface area contributed by atoms with Gasteiger partial charge in [0.25, 0.3) is 0 Å². The molecule has 0 aliphatic rings. The Labute approximate surface area is 119 Å². The van der Waals surface area contributed by atoms with E-state index < -0.39 is 0 Å². The Morgan fingerprint density at radius 3 is 2.80 bits per heavy atom. The number of benzene rings is 1. The maximum Gasteiger partial charge on any atom is 0.230 e. The number of nitrogen functional groups attached to an aromatic ring is 1. The minimum atomic E-state index is 0.361. The van der Waals surface area contributed by atoms with E-state index in [1.54, 1.807) is 7.11 Å². The molecule has 0 saturated carbocycles. The number of aromatic nitrogens is 1. The van der Waals surface area contributed by atoms with Crippen molar-refractivity contribution in [3.05, 3.63) is 29.5 Å². The number of methoxy groups -OCH3 is 1. The standard InChI is InChI=1S/C16H22N2O2/c1-4-5-6-7-13-15(16(17)20-18-13)12-10-11(2)8-9-14(12)19-3/h8-10H,4-7,17H2,1-3H3. The largest absolute Gasteiger partial charge is 0.496 e. The summed E-state index contributed by atoms with van der Waals surface area (Å²) in [5.41, 5.74) is 9.87. The van der Waals surface area contributed by atoms with E-state index in [4.69, 9.17) is 15.0 Å². The van der Waals surface area contributed by atoms with Crippen molar-refractivity contribution in [1.29, 1.82) is 0 Å². The van der Waals surface area contributed by atoms with Gasteiger partial charge in [0.2, 0.25) is 5.88 Å². The van der Waals surface area contributed by atoms with Gasteiger partial charge in [-0.15, -0.1) is 0 Å². The zero-order valence-corrected chi connectivity index (χ0v) is 12.4. The molecule has 1 aromatic carbocycles. The van der Waals surface area contributed by atoms with Crippen molar-refractivity contribution in [2.45, 2.75) is 39.5 Å². The number of nitrogens with two attached hydrogens (primary N) is 1. The molecule has 1 heterocycles. The Balaban J connectivity index is 2.41. The van der Waals surface area contributed by atoms with Crippen LogP contribution in [0, 0.1) is 6.92 Å². The van der Waals surface area contributed by atoms with Crippen LogP contribution in [0.1, 0.15) is 37.4 Å².